The molecule has 0 unspecified atom stereocenters. The second kappa shape index (κ2) is 7.27. The highest BCUT2D eigenvalue weighted by Gasteiger charge is 2.45. The molecule has 1 aliphatic rings. The van der Waals surface area contributed by atoms with Crippen molar-refractivity contribution in [2.45, 2.75) is 24.6 Å². The molecule has 1 aliphatic carbocycles. The van der Waals surface area contributed by atoms with Crippen molar-refractivity contribution < 1.29 is 22.4 Å². The molecule has 1 amide bonds. The molecule has 11 heteroatoms. The van der Waals surface area contributed by atoms with E-state index in [4.69, 9.17) is 11.6 Å². The molecule has 0 radical (unpaired) electrons. The third-order valence-electron chi connectivity index (χ3n) is 4.16. The summed E-state index contributed by atoms with van der Waals surface area (Å²) in [5.74, 6) is -1.17. The zero-order valence-electron chi connectivity index (χ0n) is 14.2. The van der Waals surface area contributed by atoms with Crippen LogP contribution in [0.25, 0.3) is 0 Å². The average Bonchev–Trinajstić information content (AvgIpc) is 3.42. The van der Waals surface area contributed by atoms with E-state index in [1.54, 1.807) is 11.5 Å². The number of carbonyl (C=O) groups is 1. The Morgan fingerprint density at radius 1 is 1.18 bits per heavy atom. The van der Waals surface area contributed by atoms with E-state index in [2.05, 4.69) is 21.9 Å². The van der Waals surface area contributed by atoms with Crippen LogP contribution in [-0.2, 0) is 5.54 Å². The molecule has 2 aromatic rings. The number of allylic oxidation sites excluding steroid dienone is 1. The molecule has 1 aromatic heterocycles. The molecule has 0 aliphatic heterocycles. The normalized spacial score (nSPS) is 14.9. The fourth-order valence-electron chi connectivity index (χ4n) is 2.40. The SMILES string of the molecule is C=C(NNC(=O)c1cnc(NC2(c3ccc(F)c(Cl)c3)CC2)nc1)C(F)(F)F. The number of nitrogens with zero attached hydrogens (tertiary/aromatic N) is 2. The van der Waals surface area contributed by atoms with Crippen molar-refractivity contribution >= 4 is 23.5 Å². The van der Waals surface area contributed by atoms with E-state index in [1.807, 2.05) is 5.43 Å². The van der Waals surface area contributed by atoms with E-state index in [0.29, 0.717) is 0 Å². The molecule has 1 fully saturated rings. The van der Waals surface area contributed by atoms with Gasteiger partial charge in [-0.2, -0.15) is 13.2 Å². The van der Waals surface area contributed by atoms with E-state index >= 15 is 0 Å². The molecule has 0 bridgehead atoms. The summed E-state index contributed by atoms with van der Waals surface area (Å²) in [6, 6.07) is 4.41. The number of nitrogens with one attached hydrogen (secondary N) is 3. The maximum atomic E-state index is 13.3. The molecule has 0 saturated heterocycles. The van der Waals surface area contributed by atoms with Crippen LogP contribution in [0.2, 0.25) is 5.02 Å². The topological polar surface area (TPSA) is 78.9 Å². The Labute approximate surface area is 162 Å². The van der Waals surface area contributed by atoms with Gasteiger partial charge in [-0.05, 0) is 30.5 Å². The summed E-state index contributed by atoms with van der Waals surface area (Å²) < 4.78 is 50.3. The van der Waals surface area contributed by atoms with Gasteiger partial charge in [0.05, 0.1) is 16.1 Å². The number of halogens is 5. The minimum Gasteiger partial charge on any atom is -0.345 e. The smallest absolute Gasteiger partial charge is 0.345 e. The minimum absolute atomic E-state index is 0.00598. The van der Waals surface area contributed by atoms with Crippen molar-refractivity contribution in [3.8, 4) is 0 Å². The fourth-order valence-corrected chi connectivity index (χ4v) is 2.58. The van der Waals surface area contributed by atoms with Crippen LogP contribution in [0.15, 0.2) is 42.9 Å². The van der Waals surface area contributed by atoms with Crippen molar-refractivity contribution in [2.24, 2.45) is 0 Å². The summed E-state index contributed by atoms with van der Waals surface area (Å²) in [6.07, 6.45) is -0.847. The predicted molar refractivity (Wildman–Crippen MR) is 93.8 cm³/mol. The number of hydrazine groups is 1. The van der Waals surface area contributed by atoms with Crippen LogP contribution in [0.5, 0.6) is 0 Å². The Bertz CT molecular complexity index is 913. The molecule has 0 atom stereocenters. The lowest BCUT2D eigenvalue weighted by molar-refractivity contribution is -0.0972. The van der Waals surface area contributed by atoms with Crippen LogP contribution in [0.4, 0.5) is 23.5 Å². The number of amides is 1. The first-order valence-electron chi connectivity index (χ1n) is 7.99. The largest absolute Gasteiger partial charge is 0.432 e. The first kappa shape index (κ1) is 19.9. The van der Waals surface area contributed by atoms with Gasteiger partial charge in [-0.25, -0.2) is 14.4 Å². The summed E-state index contributed by atoms with van der Waals surface area (Å²) in [4.78, 5) is 19.9. The standard InChI is InChI=1S/C17H14ClF4N5O/c1-9(17(20,21)22)26-27-14(28)10-7-23-15(24-8-10)25-16(4-5-16)11-2-3-13(19)12(18)6-11/h2-3,6-8,26H,1,4-5H2,(H,27,28)(H,23,24,25). The molecule has 1 aromatic carbocycles. The molecule has 28 heavy (non-hydrogen) atoms. The maximum Gasteiger partial charge on any atom is 0.432 e. The van der Waals surface area contributed by atoms with Gasteiger partial charge in [0, 0.05) is 12.4 Å². The minimum atomic E-state index is -4.68. The molecule has 3 rings (SSSR count). The Balaban J connectivity index is 1.64. The first-order chi connectivity index (χ1) is 13.1. The second-order valence-electron chi connectivity index (χ2n) is 6.19. The predicted octanol–water partition coefficient (Wildman–Crippen LogP) is 3.68. The van der Waals surface area contributed by atoms with Gasteiger partial charge in [-0.3, -0.25) is 15.6 Å². The number of alkyl halides is 3. The van der Waals surface area contributed by atoms with Gasteiger partial charge in [0.25, 0.3) is 5.91 Å². The van der Waals surface area contributed by atoms with Gasteiger partial charge in [0.1, 0.15) is 11.5 Å². The van der Waals surface area contributed by atoms with Gasteiger partial charge in [0.15, 0.2) is 0 Å². The highest BCUT2D eigenvalue weighted by Crippen LogP contribution is 2.48. The van der Waals surface area contributed by atoms with Crippen molar-refractivity contribution in [2.75, 3.05) is 5.32 Å². The lowest BCUT2D eigenvalue weighted by Gasteiger charge is -2.18. The van der Waals surface area contributed by atoms with E-state index in [9.17, 15) is 22.4 Å². The average molecular weight is 416 g/mol. The molecule has 3 N–H and O–H groups in total. The van der Waals surface area contributed by atoms with Crippen LogP contribution in [0.1, 0.15) is 28.8 Å². The number of carbonyl (C=O) groups excluding carboxylic acids is 1. The van der Waals surface area contributed by atoms with E-state index in [0.717, 1.165) is 30.8 Å². The van der Waals surface area contributed by atoms with Crippen LogP contribution >= 0.6 is 11.6 Å². The zero-order chi connectivity index (χ0) is 20.5. The summed E-state index contributed by atoms with van der Waals surface area (Å²) in [6.45, 7) is 2.77. The van der Waals surface area contributed by atoms with E-state index < -0.39 is 29.1 Å². The Morgan fingerprint density at radius 2 is 1.82 bits per heavy atom. The molecule has 0 spiro atoms. The molecule has 6 nitrogen and oxygen atoms in total. The number of benzene rings is 1. The van der Waals surface area contributed by atoms with Gasteiger partial charge in [0.2, 0.25) is 5.95 Å². The number of aromatic nitrogens is 2. The third-order valence-corrected chi connectivity index (χ3v) is 4.45. The summed E-state index contributed by atoms with van der Waals surface area (Å²) in [5, 5.41) is 3.12. The third kappa shape index (κ3) is 4.33. The van der Waals surface area contributed by atoms with Crippen LogP contribution in [0.3, 0.4) is 0 Å². The number of hydrogen-bond donors (Lipinski definition) is 3. The highest BCUT2D eigenvalue weighted by molar-refractivity contribution is 6.30. The highest BCUT2D eigenvalue weighted by atomic mass is 35.5. The number of rotatable bonds is 6. The number of hydrogen-bond acceptors (Lipinski definition) is 5. The Morgan fingerprint density at radius 3 is 2.36 bits per heavy atom. The second-order valence-corrected chi connectivity index (χ2v) is 6.59. The zero-order valence-corrected chi connectivity index (χ0v) is 15.0. The van der Waals surface area contributed by atoms with Gasteiger partial charge in [-0.1, -0.05) is 24.2 Å². The molecule has 1 heterocycles. The first-order valence-corrected chi connectivity index (χ1v) is 8.37. The summed E-state index contributed by atoms with van der Waals surface area (Å²) in [7, 11) is 0. The van der Waals surface area contributed by atoms with Crippen molar-refractivity contribution in [1.29, 1.82) is 0 Å². The molecular weight excluding hydrogens is 402 g/mol. The van der Waals surface area contributed by atoms with Crippen LogP contribution in [-0.4, -0.2) is 22.1 Å². The fraction of sp³-hybridized carbons (Fsp3) is 0.235. The van der Waals surface area contributed by atoms with Crippen molar-refractivity contribution in [1.82, 2.24) is 20.8 Å². The monoisotopic (exact) mass is 415 g/mol. The van der Waals surface area contributed by atoms with E-state index in [1.165, 1.54) is 12.1 Å². The number of anilines is 1. The molecular formula is C17H14ClF4N5O. The molecule has 148 valence electrons. The van der Waals surface area contributed by atoms with Crippen molar-refractivity contribution in [3.05, 3.63) is 64.8 Å². The summed E-state index contributed by atoms with van der Waals surface area (Å²) in [5.41, 5.74) is 2.48. The van der Waals surface area contributed by atoms with Crippen molar-refractivity contribution in [3.63, 3.8) is 0 Å². The Hall–Kier alpha value is -2.88. The lowest BCUT2D eigenvalue weighted by atomic mass is 10.1. The lowest BCUT2D eigenvalue weighted by Crippen LogP contribution is -2.40. The maximum absolute atomic E-state index is 13.3. The summed E-state index contributed by atoms with van der Waals surface area (Å²) >= 11 is 5.83. The van der Waals surface area contributed by atoms with Gasteiger partial charge in [-0.15, -0.1) is 0 Å². The van der Waals surface area contributed by atoms with E-state index in [-0.39, 0.29) is 16.5 Å². The van der Waals surface area contributed by atoms with Crippen LogP contribution < -0.4 is 16.2 Å². The Kier molecular flexibility index (Phi) is 5.16. The molecule has 1 saturated carbocycles. The van der Waals surface area contributed by atoms with Crippen LogP contribution in [0, 0.1) is 5.82 Å². The van der Waals surface area contributed by atoms with Gasteiger partial charge >= 0.3 is 6.18 Å². The van der Waals surface area contributed by atoms with Gasteiger partial charge < -0.3 is 5.32 Å². The quantitative estimate of drug-likeness (QED) is 0.495.